The first-order chi connectivity index (χ1) is 42.8. The Morgan fingerprint density at radius 1 is 0.589 bits per heavy atom. The van der Waals surface area contributed by atoms with Crippen molar-refractivity contribution >= 4 is 58.6 Å². The number of aliphatic hydroxyl groups is 1. The van der Waals surface area contributed by atoms with Crippen LogP contribution < -0.4 is 25.0 Å². The number of aliphatic hydroxyl groups excluding tert-OH is 1. The molecule has 7 rings (SSSR count). The highest BCUT2D eigenvalue weighted by molar-refractivity contribution is 6.21. The predicted molar refractivity (Wildman–Crippen MR) is 343 cm³/mol. The maximum absolute atomic E-state index is 14.2. The molecule has 0 bridgehead atoms. The number of ether oxygens (including phenoxy) is 6. The number of carbonyl (C=O) groups is 7. The van der Waals surface area contributed by atoms with Crippen molar-refractivity contribution < 1.29 is 71.7 Å². The van der Waals surface area contributed by atoms with Crippen LogP contribution in [0.2, 0.25) is 0 Å². The van der Waals surface area contributed by atoms with E-state index in [9.17, 15) is 38.7 Å². The van der Waals surface area contributed by atoms with Gasteiger partial charge in [0.15, 0.2) is 25.5 Å². The number of anilines is 1. The fraction of sp³-hybridized carbons (Fsp3) is 0.333. The third-order valence-electron chi connectivity index (χ3n) is 15.8. The lowest BCUT2D eigenvalue weighted by Gasteiger charge is -2.41. The van der Waals surface area contributed by atoms with Crippen LogP contribution in [-0.2, 0) is 65.6 Å². The van der Waals surface area contributed by atoms with Crippen molar-refractivity contribution in [2.75, 3.05) is 44.5 Å². The van der Waals surface area contributed by atoms with Gasteiger partial charge in [0, 0.05) is 77.0 Å². The van der Waals surface area contributed by atoms with Gasteiger partial charge in [0.05, 0.1) is 5.57 Å². The summed E-state index contributed by atoms with van der Waals surface area (Å²) >= 11 is 0. The van der Waals surface area contributed by atoms with E-state index in [0.29, 0.717) is 54.1 Å². The zero-order valence-corrected chi connectivity index (χ0v) is 52.7. The number of Topliss-reactive ketones (excluding diaryl/α,β-unsaturated/α-hetero) is 1. The maximum atomic E-state index is 14.2. The summed E-state index contributed by atoms with van der Waals surface area (Å²) in [5.74, 6) is -3.19. The molecule has 3 N–H and O–H groups in total. The van der Waals surface area contributed by atoms with Gasteiger partial charge in [-0.3, -0.25) is 14.4 Å². The quantitative estimate of drug-likeness (QED) is 0.0208. The number of allylic oxidation sites excluding steroid dienone is 7. The molecule has 1 saturated carbocycles. The van der Waals surface area contributed by atoms with Gasteiger partial charge < -0.3 is 49.1 Å². The van der Waals surface area contributed by atoms with Gasteiger partial charge in [-0.05, 0) is 170 Å². The highest BCUT2D eigenvalue weighted by Gasteiger charge is 2.42. The van der Waals surface area contributed by atoms with Gasteiger partial charge in [0.1, 0.15) is 54.8 Å². The number of amides is 2. The minimum absolute atomic E-state index is 0.0501. The third-order valence-corrected chi connectivity index (χ3v) is 15.8. The normalized spacial score (nSPS) is 15.4. The molecule has 18 nitrogen and oxygen atoms in total. The second kappa shape index (κ2) is 30.4. The topological polar surface area (TPSA) is 225 Å². The molecule has 1 fully saturated rings. The monoisotopic (exact) mass is 1230 g/mol. The van der Waals surface area contributed by atoms with Gasteiger partial charge in [0.2, 0.25) is 11.4 Å². The van der Waals surface area contributed by atoms with E-state index >= 15 is 0 Å². The minimum atomic E-state index is -1.27. The average molecular weight is 1230 g/mol. The Balaban J connectivity index is 1.02. The Morgan fingerprint density at radius 2 is 0.989 bits per heavy atom. The van der Waals surface area contributed by atoms with Crippen molar-refractivity contribution in [1.82, 2.24) is 10.6 Å². The molecule has 0 heterocycles. The summed E-state index contributed by atoms with van der Waals surface area (Å²) in [6.07, 6.45) is 14.7. The van der Waals surface area contributed by atoms with E-state index < -0.39 is 46.8 Å². The van der Waals surface area contributed by atoms with Gasteiger partial charge in [0.25, 0.3) is 11.8 Å². The van der Waals surface area contributed by atoms with E-state index in [4.69, 9.17) is 28.4 Å². The van der Waals surface area contributed by atoms with Crippen LogP contribution in [0.15, 0.2) is 170 Å². The van der Waals surface area contributed by atoms with Crippen LogP contribution in [0.25, 0.3) is 0 Å². The third kappa shape index (κ3) is 17.7. The molecule has 0 unspecified atom stereocenters. The predicted octanol–water partition coefficient (Wildman–Crippen LogP) is 10.3. The van der Waals surface area contributed by atoms with Gasteiger partial charge in [-0.25, -0.2) is 19.2 Å². The molecule has 90 heavy (non-hydrogen) atoms. The fourth-order valence-corrected chi connectivity index (χ4v) is 11.7. The summed E-state index contributed by atoms with van der Waals surface area (Å²) in [5, 5.41) is 17.2. The molecule has 0 atom stereocenters. The number of esters is 4. The summed E-state index contributed by atoms with van der Waals surface area (Å²) in [5.41, 5.74) is 10.7. The molecule has 0 aliphatic heterocycles. The van der Waals surface area contributed by atoms with Gasteiger partial charge in [-0.1, -0.05) is 61.7 Å². The number of hydrogen-bond acceptors (Lipinski definition) is 15. The van der Waals surface area contributed by atoms with E-state index in [1.807, 2.05) is 48.6 Å². The molecule has 472 valence electrons. The van der Waals surface area contributed by atoms with Crippen LogP contribution in [0.1, 0.15) is 84.0 Å². The molecule has 4 aromatic rings. The Labute approximate surface area is 526 Å². The van der Waals surface area contributed by atoms with Gasteiger partial charge >= 0.3 is 23.9 Å². The number of hydrogen-bond donors (Lipinski definition) is 3. The van der Waals surface area contributed by atoms with E-state index in [1.165, 1.54) is 5.56 Å². The molecule has 4 aromatic carbocycles. The van der Waals surface area contributed by atoms with Crippen molar-refractivity contribution in [2.45, 2.75) is 111 Å². The first kappa shape index (κ1) is 67.7. The molecule has 2 amide bonds. The van der Waals surface area contributed by atoms with Crippen molar-refractivity contribution in [2.24, 2.45) is 5.92 Å². The largest absolute Gasteiger partial charge is 0.507 e. The number of nitrogens with zero attached hydrogens (tertiary/aromatic N) is 2. The zero-order chi connectivity index (χ0) is 65.5. The molecule has 18 heteroatoms. The number of rotatable bonds is 28. The summed E-state index contributed by atoms with van der Waals surface area (Å²) in [7, 11) is 0. The number of benzene rings is 4. The van der Waals surface area contributed by atoms with E-state index in [2.05, 4.69) is 112 Å². The van der Waals surface area contributed by atoms with Crippen molar-refractivity contribution in [3.63, 3.8) is 0 Å². The van der Waals surface area contributed by atoms with Crippen LogP contribution >= 0.6 is 0 Å². The number of carbonyl (C=O) groups excluding carboxylic acids is 7. The SMILES string of the molecule is C=CC(=O)OCC(C)(COC(=O)C=C)NC(=O)COc1ccc(CN(c2c(C)cc(C)cc2C)C2CCC(C3=C(O)C(=C4C=CC(=[N+](Cc5ccc(OCC(=O)NC(C)(COC(=O)C=C)COC(=O)C=C)cc5)c5c(C)cc(C)cc5C)C=C4)C3=O)CC2)cc1. The van der Waals surface area contributed by atoms with Crippen LogP contribution in [0, 0.1) is 47.5 Å². The molecule has 3 aliphatic carbocycles. The number of aryl methyl sites for hydroxylation is 6. The second-order valence-corrected chi connectivity index (χ2v) is 23.6. The van der Waals surface area contributed by atoms with E-state index in [-0.39, 0.29) is 63.1 Å². The smallest absolute Gasteiger partial charge is 0.330 e. The minimum Gasteiger partial charge on any atom is -0.507 e. The molecule has 0 aromatic heterocycles. The zero-order valence-electron chi connectivity index (χ0n) is 52.7. The van der Waals surface area contributed by atoms with E-state index in [0.717, 1.165) is 93.2 Å². The van der Waals surface area contributed by atoms with Crippen molar-refractivity contribution in [1.29, 1.82) is 0 Å². The Hall–Kier alpha value is -9.84. The second-order valence-electron chi connectivity index (χ2n) is 23.6. The summed E-state index contributed by atoms with van der Waals surface area (Å²) in [4.78, 5) is 90.1. The highest BCUT2D eigenvalue weighted by Crippen LogP contribution is 2.44. The Kier molecular flexibility index (Phi) is 22.8. The summed E-state index contributed by atoms with van der Waals surface area (Å²) in [6.45, 7) is 28.4. The van der Waals surface area contributed by atoms with Crippen molar-refractivity contribution in [3.05, 3.63) is 215 Å². The van der Waals surface area contributed by atoms with Crippen molar-refractivity contribution in [3.8, 4) is 11.5 Å². The highest BCUT2D eigenvalue weighted by atomic mass is 16.6. The van der Waals surface area contributed by atoms with Gasteiger partial charge in [-0.15, -0.1) is 0 Å². The molecule has 0 spiro atoms. The molecule has 3 aliphatic rings. The summed E-state index contributed by atoms with van der Waals surface area (Å²) < 4.78 is 34.6. The Bertz CT molecular complexity index is 3520. The lowest BCUT2D eigenvalue weighted by atomic mass is 9.71. The number of ketones is 1. The average Bonchev–Trinajstić information content (AvgIpc) is 0.766. The van der Waals surface area contributed by atoms with Crippen LogP contribution in [0.4, 0.5) is 11.4 Å². The first-order valence-corrected chi connectivity index (χ1v) is 29.7. The standard InChI is InChI=1S/C72H80N4O14/c1-13-61(79)87-41-71(11,42-88-62(80)14-2)73-59(77)39-85-57-29-17-51(18-30-57)37-75(67-47(7)33-45(5)34-48(67)8)55-25-21-53(22-26-55)65-69(83)66(70(65)84)54-23-27-56(28-24-54)76(68-49(9)35-46(6)36-50(68)10)38-52-19-31-58(32-20-52)86-40-60(78)74-72(12,43-89-63(81)15-3)44-90-64(82)16-4/h13-22,25-26,29-36,54,56H,1-4,23-24,27-28,37-44H2,5-12H3,(H2-,73,74,77,78,83,84)/p+1. The first-order valence-electron chi connectivity index (χ1n) is 29.7. The lowest BCUT2D eigenvalue weighted by Crippen LogP contribution is -2.54. The molecule has 0 saturated heterocycles. The molecular formula is C72H81N4O14+. The summed E-state index contributed by atoms with van der Waals surface area (Å²) in [6, 6.07) is 23.7. The van der Waals surface area contributed by atoms with Crippen LogP contribution in [0.5, 0.6) is 11.5 Å². The fourth-order valence-electron chi connectivity index (χ4n) is 11.7. The lowest BCUT2D eigenvalue weighted by molar-refractivity contribution is -0.457. The number of nitrogens with one attached hydrogen (secondary N) is 2. The molecule has 0 radical (unpaired) electrons. The van der Waals surface area contributed by atoms with E-state index in [1.54, 1.807) is 38.1 Å². The Morgan fingerprint density at radius 3 is 1.39 bits per heavy atom. The van der Waals surface area contributed by atoms with Crippen LogP contribution in [-0.4, -0.2) is 114 Å². The van der Waals surface area contributed by atoms with Gasteiger partial charge in [-0.2, -0.15) is 4.58 Å². The van der Waals surface area contributed by atoms with Crippen LogP contribution in [0.3, 0.4) is 0 Å². The maximum Gasteiger partial charge on any atom is 0.330 e. The molecular weight excluding hydrogens is 1140 g/mol.